The fraction of sp³-hybridized carbons (Fsp3) is 0.0833. The first-order valence-electron chi connectivity index (χ1n) is 5.22. The summed E-state index contributed by atoms with van der Waals surface area (Å²) in [7, 11) is 0. The van der Waals surface area contributed by atoms with Gasteiger partial charge in [-0.05, 0) is 6.92 Å². The highest BCUT2D eigenvalue weighted by Gasteiger charge is 2.08. The molecule has 3 rings (SSSR count). The van der Waals surface area contributed by atoms with Crippen LogP contribution in [0.5, 0.6) is 0 Å². The number of aromatic nitrogens is 4. The highest BCUT2D eigenvalue weighted by molar-refractivity contribution is 7.17. The molecule has 1 aromatic carbocycles. The van der Waals surface area contributed by atoms with E-state index in [1.807, 2.05) is 0 Å². The first kappa shape index (κ1) is 10.2. The van der Waals surface area contributed by atoms with Gasteiger partial charge in [-0.2, -0.15) is 0 Å². The number of hydrogen-bond acceptors (Lipinski definition) is 4. The number of rotatable bonds is 2. The first-order valence-corrected chi connectivity index (χ1v) is 6.04. The van der Waals surface area contributed by atoms with Gasteiger partial charge in [0.15, 0.2) is 5.01 Å². The Hall–Kier alpha value is -2.01. The van der Waals surface area contributed by atoms with Gasteiger partial charge in [0.25, 0.3) is 0 Å². The van der Waals surface area contributed by atoms with E-state index in [2.05, 4.69) is 51.4 Å². The van der Waals surface area contributed by atoms with E-state index in [1.165, 1.54) is 5.56 Å². The fourth-order valence-corrected chi connectivity index (χ4v) is 2.34. The molecule has 0 amide bonds. The van der Waals surface area contributed by atoms with Crippen molar-refractivity contribution >= 4 is 11.3 Å². The van der Waals surface area contributed by atoms with Crippen LogP contribution >= 0.6 is 11.3 Å². The minimum atomic E-state index is 0.859. The molecule has 0 aliphatic carbocycles. The second-order valence-electron chi connectivity index (χ2n) is 3.74. The Morgan fingerprint density at radius 3 is 2.53 bits per heavy atom. The van der Waals surface area contributed by atoms with Crippen LogP contribution in [0, 0.1) is 6.92 Å². The lowest BCUT2D eigenvalue weighted by Crippen LogP contribution is -1.77. The van der Waals surface area contributed by atoms with Crippen molar-refractivity contribution in [2.45, 2.75) is 6.92 Å². The monoisotopic (exact) mass is 242 g/mol. The molecule has 0 saturated heterocycles. The zero-order valence-electron chi connectivity index (χ0n) is 9.21. The Morgan fingerprint density at radius 2 is 1.82 bits per heavy atom. The van der Waals surface area contributed by atoms with Gasteiger partial charge < -0.3 is 4.98 Å². The largest absolute Gasteiger partial charge is 0.343 e. The predicted octanol–water partition coefficient (Wildman–Crippen LogP) is 2.90. The summed E-state index contributed by atoms with van der Waals surface area (Å²) in [6.07, 6.45) is 3.39. The molecular weight excluding hydrogens is 232 g/mol. The molecule has 17 heavy (non-hydrogen) atoms. The van der Waals surface area contributed by atoms with Crippen molar-refractivity contribution in [1.82, 2.24) is 20.2 Å². The quantitative estimate of drug-likeness (QED) is 0.751. The standard InChI is InChI=1S/C12H10N4S/c1-8-2-4-9(5-3-8)11-15-16-12(17-11)10-6-13-7-14-10/h2-7H,1H3,(H,13,14). The number of nitrogens with one attached hydrogen (secondary N) is 1. The van der Waals surface area contributed by atoms with E-state index in [4.69, 9.17) is 0 Å². The Morgan fingerprint density at radius 1 is 1.06 bits per heavy atom. The van der Waals surface area contributed by atoms with Crippen molar-refractivity contribution < 1.29 is 0 Å². The highest BCUT2D eigenvalue weighted by atomic mass is 32.1. The summed E-state index contributed by atoms with van der Waals surface area (Å²) in [5, 5.41) is 10.1. The van der Waals surface area contributed by atoms with Crippen LogP contribution in [0.25, 0.3) is 21.3 Å². The minimum Gasteiger partial charge on any atom is -0.343 e. The van der Waals surface area contributed by atoms with Gasteiger partial charge in [0, 0.05) is 5.56 Å². The van der Waals surface area contributed by atoms with Gasteiger partial charge in [-0.25, -0.2) is 4.98 Å². The lowest BCUT2D eigenvalue weighted by Gasteiger charge is -1.95. The smallest absolute Gasteiger partial charge is 0.166 e. The third-order valence-corrected chi connectivity index (χ3v) is 3.46. The molecule has 3 aromatic rings. The number of hydrogen-bond donors (Lipinski definition) is 1. The molecule has 0 aliphatic rings. The molecule has 4 nitrogen and oxygen atoms in total. The molecule has 0 atom stereocenters. The highest BCUT2D eigenvalue weighted by Crippen LogP contribution is 2.28. The van der Waals surface area contributed by atoms with Crippen molar-refractivity contribution in [1.29, 1.82) is 0 Å². The molecule has 5 heteroatoms. The van der Waals surface area contributed by atoms with E-state index in [0.717, 1.165) is 21.3 Å². The number of nitrogens with zero attached hydrogens (tertiary/aromatic N) is 3. The molecule has 0 unspecified atom stereocenters. The maximum Gasteiger partial charge on any atom is 0.166 e. The summed E-state index contributed by atoms with van der Waals surface area (Å²) in [5.41, 5.74) is 3.24. The zero-order valence-corrected chi connectivity index (χ0v) is 10.0. The molecule has 0 saturated carbocycles. The second-order valence-corrected chi connectivity index (χ2v) is 4.72. The van der Waals surface area contributed by atoms with Crippen molar-refractivity contribution in [2.75, 3.05) is 0 Å². The number of aryl methyl sites for hydroxylation is 1. The lowest BCUT2D eigenvalue weighted by molar-refractivity contribution is 1.09. The van der Waals surface area contributed by atoms with Crippen LogP contribution < -0.4 is 0 Å². The van der Waals surface area contributed by atoms with Gasteiger partial charge in [0.1, 0.15) is 5.01 Å². The second kappa shape index (κ2) is 4.10. The third kappa shape index (κ3) is 1.97. The van der Waals surface area contributed by atoms with Gasteiger partial charge in [-0.1, -0.05) is 41.2 Å². The average Bonchev–Trinajstić information content (AvgIpc) is 3.00. The minimum absolute atomic E-state index is 0.859. The van der Waals surface area contributed by atoms with E-state index in [0.29, 0.717) is 0 Å². The third-order valence-electron chi connectivity index (χ3n) is 2.45. The average molecular weight is 242 g/mol. The summed E-state index contributed by atoms with van der Waals surface area (Å²) in [5.74, 6) is 0. The van der Waals surface area contributed by atoms with Crippen molar-refractivity contribution in [3.05, 3.63) is 42.4 Å². The van der Waals surface area contributed by atoms with Crippen LogP contribution in [0.4, 0.5) is 0 Å². The summed E-state index contributed by atoms with van der Waals surface area (Å²) >= 11 is 1.56. The summed E-state index contributed by atoms with van der Waals surface area (Å²) in [4.78, 5) is 7.00. The number of imidazole rings is 1. The van der Waals surface area contributed by atoms with Crippen LogP contribution in [0.2, 0.25) is 0 Å². The van der Waals surface area contributed by atoms with Crippen molar-refractivity contribution in [3.63, 3.8) is 0 Å². The van der Waals surface area contributed by atoms with Gasteiger partial charge >= 0.3 is 0 Å². The van der Waals surface area contributed by atoms with Gasteiger partial charge in [0.2, 0.25) is 0 Å². The van der Waals surface area contributed by atoms with E-state index in [1.54, 1.807) is 23.9 Å². The molecule has 2 heterocycles. The fourth-order valence-electron chi connectivity index (χ4n) is 1.52. The van der Waals surface area contributed by atoms with Gasteiger partial charge in [0.05, 0.1) is 18.2 Å². The van der Waals surface area contributed by atoms with Gasteiger partial charge in [-0.15, -0.1) is 10.2 Å². The Labute approximate surface area is 102 Å². The zero-order chi connectivity index (χ0) is 11.7. The number of H-pyrrole nitrogens is 1. The Kier molecular flexibility index (Phi) is 2.45. The van der Waals surface area contributed by atoms with E-state index >= 15 is 0 Å². The topological polar surface area (TPSA) is 54.5 Å². The maximum atomic E-state index is 4.19. The molecule has 0 fully saturated rings. The number of aromatic amines is 1. The van der Waals surface area contributed by atoms with Crippen LogP contribution in [-0.4, -0.2) is 20.2 Å². The van der Waals surface area contributed by atoms with Crippen molar-refractivity contribution in [2.24, 2.45) is 0 Å². The van der Waals surface area contributed by atoms with Gasteiger partial charge in [-0.3, -0.25) is 0 Å². The maximum absolute atomic E-state index is 4.19. The predicted molar refractivity (Wildman–Crippen MR) is 67.7 cm³/mol. The van der Waals surface area contributed by atoms with E-state index in [-0.39, 0.29) is 0 Å². The molecule has 84 valence electrons. The summed E-state index contributed by atoms with van der Waals surface area (Å²) in [6, 6.07) is 8.28. The first-order chi connectivity index (χ1) is 8.33. The van der Waals surface area contributed by atoms with Crippen LogP contribution in [0.1, 0.15) is 5.56 Å². The SMILES string of the molecule is Cc1ccc(-c2nnc(-c3cnc[nH]3)s2)cc1. The van der Waals surface area contributed by atoms with E-state index in [9.17, 15) is 0 Å². The molecule has 0 radical (unpaired) electrons. The van der Waals surface area contributed by atoms with E-state index < -0.39 is 0 Å². The lowest BCUT2D eigenvalue weighted by atomic mass is 10.2. The van der Waals surface area contributed by atoms with Crippen LogP contribution in [0.15, 0.2) is 36.8 Å². The van der Waals surface area contributed by atoms with Crippen LogP contribution in [0.3, 0.4) is 0 Å². The molecule has 0 bridgehead atoms. The summed E-state index contributed by atoms with van der Waals surface area (Å²) in [6.45, 7) is 2.07. The van der Waals surface area contributed by atoms with Crippen LogP contribution in [-0.2, 0) is 0 Å². The normalized spacial score (nSPS) is 10.6. The Bertz CT molecular complexity index is 610. The Balaban J connectivity index is 1.98. The van der Waals surface area contributed by atoms with Crippen molar-refractivity contribution in [3.8, 4) is 21.3 Å². The molecule has 1 N–H and O–H groups in total. The molecular formula is C12H10N4S. The molecule has 0 aliphatic heterocycles. The summed E-state index contributed by atoms with van der Waals surface area (Å²) < 4.78 is 0. The molecule has 2 aromatic heterocycles. The molecule has 0 spiro atoms. The number of benzene rings is 1.